The molecule has 2 aromatic carbocycles. The van der Waals surface area contributed by atoms with Gasteiger partial charge in [0.1, 0.15) is 16.5 Å². The second kappa shape index (κ2) is 9.13. The topological polar surface area (TPSA) is 65.5 Å². The standard InChI is InChI=1S/C22H24F2N4O2S2/c1-15-9-21(32(29,30)26-22-13-31-14-25-22)19(24)10-20(15)27(2)17-7-8-28(12-17)11-16-5-3-4-6-18(16)23/h3-6,9-10,13-14,17,26H,7-8,11-12H2,1-2H3. The average molecular weight is 479 g/mol. The van der Waals surface area contributed by atoms with E-state index in [1.54, 1.807) is 19.1 Å². The zero-order valence-electron chi connectivity index (χ0n) is 17.8. The lowest BCUT2D eigenvalue weighted by Gasteiger charge is -2.29. The zero-order chi connectivity index (χ0) is 22.9. The molecule has 0 aliphatic carbocycles. The van der Waals surface area contributed by atoms with Crippen LogP contribution in [-0.2, 0) is 16.6 Å². The maximum Gasteiger partial charge on any atom is 0.266 e. The van der Waals surface area contributed by atoms with Crippen LogP contribution >= 0.6 is 11.3 Å². The number of thiazole rings is 1. The van der Waals surface area contributed by atoms with Crippen molar-refractivity contribution >= 4 is 32.9 Å². The zero-order valence-corrected chi connectivity index (χ0v) is 19.4. The number of sulfonamides is 1. The molecule has 1 N–H and O–H groups in total. The number of likely N-dealkylation sites (N-methyl/N-ethyl adjacent to an activating group) is 1. The second-order valence-corrected chi connectivity index (χ2v) is 10.3. The fraction of sp³-hybridized carbons (Fsp3) is 0.318. The van der Waals surface area contributed by atoms with Crippen molar-refractivity contribution in [3.8, 4) is 0 Å². The van der Waals surface area contributed by atoms with Crippen LogP contribution in [0.1, 0.15) is 17.5 Å². The molecule has 1 fully saturated rings. The van der Waals surface area contributed by atoms with Gasteiger partial charge in [-0.3, -0.25) is 9.62 Å². The van der Waals surface area contributed by atoms with E-state index < -0.39 is 20.7 Å². The molecule has 1 aliphatic rings. The second-order valence-electron chi connectivity index (χ2n) is 7.93. The highest BCUT2D eigenvalue weighted by Gasteiger charge is 2.29. The van der Waals surface area contributed by atoms with Crippen LogP contribution in [0.5, 0.6) is 0 Å². The summed E-state index contributed by atoms with van der Waals surface area (Å²) < 4.78 is 56.4. The molecule has 0 radical (unpaired) electrons. The van der Waals surface area contributed by atoms with Gasteiger partial charge in [-0.05, 0) is 37.1 Å². The van der Waals surface area contributed by atoms with E-state index >= 15 is 0 Å². The first-order valence-corrected chi connectivity index (χ1v) is 12.6. The van der Waals surface area contributed by atoms with E-state index in [1.807, 2.05) is 18.0 Å². The number of nitrogens with one attached hydrogen (secondary N) is 1. The van der Waals surface area contributed by atoms with Gasteiger partial charge in [0.05, 0.1) is 5.51 Å². The third-order valence-electron chi connectivity index (χ3n) is 5.74. The SMILES string of the molecule is Cc1cc(S(=O)(=O)Nc2cscn2)c(F)cc1N(C)C1CCN(Cc2ccccc2F)C1. The number of aromatic nitrogens is 1. The van der Waals surface area contributed by atoms with Crippen LogP contribution in [0.4, 0.5) is 20.3 Å². The molecule has 10 heteroatoms. The molecule has 1 aliphatic heterocycles. The van der Waals surface area contributed by atoms with Crippen molar-refractivity contribution in [2.75, 3.05) is 29.8 Å². The lowest BCUT2D eigenvalue weighted by molar-refractivity contribution is 0.320. The summed E-state index contributed by atoms with van der Waals surface area (Å²) in [6.07, 6.45) is 0.845. The Morgan fingerprint density at radius 2 is 2.03 bits per heavy atom. The maximum atomic E-state index is 14.9. The van der Waals surface area contributed by atoms with Crippen molar-refractivity contribution < 1.29 is 17.2 Å². The van der Waals surface area contributed by atoms with Gasteiger partial charge in [-0.15, -0.1) is 11.3 Å². The molecule has 3 aromatic rings. The lowest BCUT2D eigenvalue weighted by Crippen LogP contribution is -2.35. The molecular weight excluding hydrogens is 454 g/mol. The Bertz CT molecular complexity index is 1200. The highest BCUT2D eigenvalue weighted by molar-refractivity contribution is 7.92. The van der Waals surface area contributed by atoms with Crippen molar-refractivity contribution in [3.63, 3.8) is 0 Å². The molecule has 0 saturated carbocycles. The molecule has 0 spiro atoms. The van der Waals surface area contributed by atoms with Crippen molar-refractivity contribution in [2.24, 2.45) is 0 Å². The Kier molecular flexibility index (Phi) is 6.45. The fourth-order valence-corrected chi connectivity index (χ4v) is 5.73. The summed E-state index contributed by atoms with van der Waals surface area (Å²) in [5, 5.41) is 1.54. The summed E-state index contributed by atoms with van der Waals surface area (Å²) in [4.78, 5) is 7.62. The first kappa shape index (κ1) is 22.6. The normalized spacial score (nSPS) is 16.9. The molecule has 0 amide bonds. The maximum absolute atomic E-state index is 14.9. The van der Waals surface area contributed by atoms with Gasteiger partial charge >= 0.3 is 0 Å². The van der Waals surface area contributed by atoms with E-state index in [1.165, 1.54) is 40.4 Å². The number of hydrogen-bond acceptors (Lipinski definition) is 6. The van der Waals surface area contributed by atoms with Gasteiger partial charge in [-0.25, -0.2) is 22.2 Å². The predicted octanol–water partition coefficient (Wildman–Crippen LogP) is 4.24. The van der Waals surface area contributed by atoms with E-state index in [-0.39, 0.29) is 17.7 Å². The van der Waals surface area contributed by atoms with E-state index in [4.69, 9.17) is 0 Å². The number of aryl methyl sites for hydroxylation is 1. The minimum atomic E-state index is -4.09. The first-order valence-electron chi connectivity index (χ1n) is 10.1. The van der Waals surface area contributed by atoms with E-state index in [0.717, 1.165) is 13.0 Å². The number of halogens is 2. The first-order chi connectivity index (χ1) is 15.2. The minimum Gasteiger partial charge on any atom is -0.370 e. The van der Waals surface area contributed by atoms with Crippen LogP contribution in [0, 0.1) is 18.6 Å². The number of anilines is 2. The van der Waals surface area contributed by atoms with Crippen LogP contribution < -0.4 is 9.62 Å². The third-order valence-corrected chi connectivity index (χ3v) is 7.69. The predicted molar refractivity (Wildman–Crippen MR) is 123 cm³/mol. The number of likely N-dealkylation sites (tertiary alicyclic amines) is 1. The van der Waals surface area contributed by atoms with Crippen molar-refractivity contribution in [3.05, 3.63) is 70.1 Å². The van der Waals surface area contributed by atoms with Gasteiger partial charge in [0.2, 0.25) is 0 Å². The molecule has 1 aromatic heterocycles. The quantitative estimate of drug-likeness (QED) is 0.550. The van der Waals surface area contributed by atoms with Crippen LogP contribution in [0.15, 0.2) is 52.2 Å². The highest BCUT2D eigenvalue weighted by Crippen LogP contribution is 2.30. The molecule has 6 nitrogen and oxygen atoms in total. The van der Waals surface area contributed by atoms with Gasteiger partial charge in [-0.1, -0.05) is 18.2 Å². The Balaban J connectivity index is 1.49. The van der Waals surface area contributed by atoms with Crippen molar-refractivity contribution in [2.45, 2.75) is 30.8 Å². The summed E-state index contributed by atoms with van der Waals surface area (Å²) in [6.45, 7) is 3.79. The summed E-state index contributed by atoms with van der Waals surface area (Å²) in [5.74, 6) is -0.874. The lowest BCUT2D eigenvalue weighted by atomic mass is 10.1. The Morgan fingerprint density at radius 3 is 2.75 bits per heavy atom. The number of benzene rings is 2. The Hall–Kier alpha value is -2.56. The van der Waals surface area contributed by atoms with Crippen LogP contribution in [0.25, 0.3) is 0 Å². The van der Waals surface area contributed by atoms with Crippen LogP contribution in [-0.4, -0.2) is 44.5 Å². The van der Waals surface area contributed by atoms with E-state index in [2.05, 4.69) is 14.6 Å². The van der Waals surface area contributed by atoms with E-state index in [0.29, 0.717) is 29.9 Å². The molecule has 1 unspecified atom stereocenters. The number of hydrogen-bond donors (Lipinski definition) is 1. The van der Waals surface area contributed by atoms with Crippen molar-refractivity contribution in [1.82, 2.24) is 9.88 Å². The van der Waals surface area contributed by atoms with Gasteiger partial charge in [0.25, 0.3) is 10.0 Å². The largest absolute Gasteiger partial charge is 0.370 e. The Labute approximate surface area is 190 Å². The molecular formula is C22H24F2N4O2S2. The van der Waals surface area contributed by atoms with Crippen LogP contribution in [0.2, 0.25) is 0 Å². The summed E-state index contributed by atoms with van der Waals surface area (Å²) in [6, 6.07) is 9.46. The minimum absolute atomic E-state index is 0.107. The Morgan fingerprint density at radius 1 is 1.25 bits per heavy atom. The average Bonchev–Trinajstić information content (AvgIpc) is 3.42. The molecule has 1 saturated heterocycles. The van der Waals surface area contributed by atoms with E-state index in [9.17, 15) is 17.2 Å². The number of nitrogens with zero attached hydrogens (tertiary/aromatic N) is 3. The third kappa shape index (κ3) is 4.77. The number of rotatable bonds is 7. The van der Waals surface area contributed by atoms with Crippen LogP contribution in [0.3, 0.4) is 0 Å². The summed E-state index contributed by atoms with van der Waals surface area (Å²) in [7, 11) is -2.21. The molecule has 170 valence electrons. The monoisotopic (exact) mass is 478 g/mol. The summed E-state index contributed by atoms with van der Waals surface area (Å²) >= 11 is 1.24. The van der Waals surface area contributed by atoms with Gasteiger partial charge in [-0.2, -0.15) is 0 Å². The molecule has 4 rings (SSSR count). The smallest absolute Gasteiger partial charge is 0.266 e. The highest BCUT2D eigenvalue weighted by atomic mass is 32.2. The molecule has 32 heavy (non-hydrogen) atoms. The molecule has 2 heterocycles. The molecule has 0 bridgehead atoms. The molecule has 1 atom stereocenters. The summed E-state index contributed by atoms with van der Waals surface area (Å²) in [5.41, 5.74) is 3.43. The van der Waals surface area contributed by atoms with Crippen molar-refractivity contribution in [1.29, 1.82) is 0 Å². The van der Waals surface area contributed by atoms with Gasteiger partial charge in [0, 0.05) is 49.4 Å². The van der Waals surface area contributed by atoms with Gasteiger partial charge < -0.3 is 4.90 Å². The van der Waals surface area contributed by atoms with Gasteiger partial charge in [0.15, 0.2) is 5.82 Å². The fourth-order valence-electron chi connectivity index (χ4n) is 4.02.